The van der Waals surface area contributed by atoms with Crippen LogP contribution in [-0.2, 0) is 0 Å². The van der Waals surface area contributed by atoms with E-state index in [1.54, 1.807) is 0 Å². The second kappa shape index (κ2) is 6.91. The Kier molecular flexibility index (Phi) is 5.42. The van der Waals surface area contributed by atoms with E-state index in [-0.39, 0.29) is 0 Å². The van der Waals surface area contributed by atoms with Crippen molar-refractivity contribution in [3.05, 3.63) is 34.4 Å². The molecule has 0 radical (unpaired) electrons. The molecule has 1 heterocycles. The van der Waals surface area contributed by atoms with E-state index in [9.17, 15) is 0 Å². The molecule has 2 N–H and O–H groups in total. The van der Waals surface area contributed by atoms with E-state index in [0.717, 1.165) is 0 Å². The van der Waals surface area contributed by atoms with Gasteiger partial charge in [-0.15, -0.1) is 0 Å². The van der Waals surface area contributed by atoms with Gasteiger partial charge in [-0.2, -0.15) is 0 Å². The third-order valence-electron chi connectivity index (χ3n) is 5.05. The van der Waals surface area contributed by atoms with Crippen LogP contribution in [0.4, 0.5) is 0 Å². The molecule has 1 aliphatic heterocycles. The topological polar surface area (TPSA) is 32.5 Å². The van der Waals surface area contributed by atoms with Crippen molar-refractivity contribution < 1.29 is 0 Å². The number of hydrogen-bond donors (Lipinski definition) is 1. The summed E-state index contributed by atoms with van der Waals surface area (Å²) in [5, 5.41) is 0. The van der Waals surface area contributed by atoms with Crippen LogP contribution in [0.1, 0.15) is 41.1 Å². The number of likely N-dealkylation sites (tertiary alicyclic amines) is 1. The van der Waals surface area contributed by atoms with Crippen LogP contribution in [0.15, 0.2) is 12.1 Å². The number of aryl methyl sites for hydroxylation is 3. The van der Waals surface area contributed by atoms with Crippen molar-refractivity contribution >= 4 is 0 Å². The molecule has 0 aromatic heterocycles. The molecule has 0 amide bonds. The predicted octanol–water partition coefficient (Wildman–Crippen LogP) is 2.64. The van der Waals surface area contributed by atoms with E-state index in [4.69, 9.17) is 5.73 Å². The van der Waals surface area contributed by atoms with Gasteiger partial charge in [0, 0.05) is 18.6 Å². The number of likely N-dealkylation sites (N-methyl/N-ethyl adjacent to an activating group) is 1. The maximum Gasteiger partial charge on any atom is 0.0475 e. The van der Waals surface area contributed by atoms with Crippen molar-refractivity contribution in [1.29, 1.82) is 0 Å². The first kappa shape index (κ1) is 16.5. The highest BCUT2D eigenvalue weighted by Crippen LogP contribution is 2.30. The molecule has 1 aliphatic rings. The molecule has 0 bridgehead atoms. The van der Waals surface area contributed by atoms with Crippen LogP contribution in [0.25, 0.3) is 0 Å². The third-order valence-corrected chi connectivity index (χ3v) is 5.05. The monoisotopic (exact) mass is 289 g/mol. The van der Waals surface area contributed by atoms with Gasteiger partial charge in [0.15, 0.2) is 0 Å². The van der Waals surface area contributed by atoms with Gasteiger partial charge in [-0.05, 0) is 77.5 Å². The Morgan fingerprint density at radius 3 is 2.19 bits per heavy atom. The third kappa shape index (κ3) is 3.65. The highest BCUT2D eigenvalue weighted by atomic mass is 15.2. The summed E-state index contributed by atoms with van der Waals surface area (Å²) < 4.78 is 0. The fourth-order valence-corrected chi connectivity index (χ4v) is 3.86. The minimum atomic E-state index is 0.332. The Morgan fingerprint density at radius 2 is 1.71 bits per heavy atom. The van der Waals surface area contributed by atoms with Crippen LogP contribution < -0.4 is 5.73 Å². The lowest BCUT2D eigenvalue weighted by atomic mass is 9.91. The minimum Gasteiger partial charge on any atom is -0.329 e. The summed E-state index contributed by atoms with van der Waals surface area (Å²) in [7, 11) is 4.47. The smallest absolute Gasteiger partial charge is 0.0475 e. The summed E-state index contributed by atoms with van der Waals surface area (Å²) in [6, 6.07) is 5.55. The lowest BCUT2D eigenvalue weighted by Gasteiger charge is -2.40. The zero-order valence-corrected chi connectivity index (χ0v) is 14.3. The standard InChI is InChI=1S/C18H31N3/c1-13-10-14(2)18(15(3)11-13)17(12-19)21(5)16-6-8-20(4)9-7-16/h10-11,16-17H,6-9,12,19H2,1-5H3. The molecule has 3 nitrogen and oxygen atoms in total. The number of nitrogens with zero attached hydrogens (tertiary/aromatic N) is 2. The molecule has 1 unspecified atom stereocenters. The molecular weight excluding hydrogens is 258 g/mol. The second-order valence-electron chi connectivity index (χ2n) is 6.76. The van der Waals surface area contributed by atoms with Crippen LogP contribution in [0, 0.1) is 20.8 Å². The van der Waals surface area contributed by atoms with E-state index in [2.05, 4.69) is 56.8 Å². The largest absolute Gasteiger partial charge is 0.329 e. The molecule has 3 heteroatoms. The van der Waals surface area contributed by atoms with Gasteiger partial charge in [0.05, 0.1) is 0 Å². The molecule has 1 fully saturated rings. The molecule has 1 aromatic rings. The van der Waals surface area contributed by atoms with Crippen LogP contribution in [0.3, 0.4) is 0 Å². The first-order valence-corrected chi connectivity index (χ1v) is 8.12. The van der Waals surface area contributed by atoms with E-state index in [0.29, 0.717) is 18.6 Å². The molecule has 1 atom stereocenters. The van der Waals surface area contributed by atoms with E-state index in [1.165, 1.54) is 48.2 Å². The Labute approximate surface area is 130 Å². The Morgan fingerprint density at radius 1 is 1.19 bits per heavy atom. The predicted molar refractivity (Wildman–Crippen MR) is 90.7 cm³/mol. The summed E-state index contributed by atoms with van der Waals surface area (Å²) in [6.07, 6.45) is 2.49. The van der Waals surface area contributed by atoms with Gasteiger partial charge < -0.3 is 10.6 Å². The van der Waals surface area contributed by atoms with Crippen molar-refractivity contribution in [2.45, 2.75) is 45.7 Å². The Hall–Kier alpha value is -0.900. The second-order valence-corrected chi connectivity index (χ2v) is 6.76. The SMILES string of the molecule is Cc1cc(C)c(C(CN)N(C)C2CCN(C)CC2)c(C)c1. The summed E-state index contributed by atoms with van der Waals surface area (Å²) in [5.41, 5.74) is 11.7. The molecule has 0 aliphatic carbocycles. The number of benzene rings is 1. The first-order valence-electron chi connectivity index (χ1n) is 8.12. The molecule has 1 saturated heterocycles. The zero-order valence-electron chi connectivity index (χ0n) is 14.3. The fourth-order valence-electron chi connectivity index (χ4n) is 3.86. The molecule has 0 saturated carbocycles. The lowest BCUT2D eigenvalue weighted by Crippen LogP contribution is -2.45. The van der Waals surface area contributed by atoms with Gasteiger partial charge in [-0.1, -0.05) is 17.7 Å². The summed E-state index contributed by atoms with van der Waals surface area (Å²) in [4.78, 5) is 4.95. The average Bonchev–Trinajstić information content (AvgIpc) is 2.42. The van der Waals surface area contributed by atoms with Gasteiger partial charge in [0.1, 0.15) is 0 Å². The lowest BCUT2D eigenvalue weighted by molar-refractivity contribution is 0.109. The number of hydrogen-bond acceptors (Lipinski definition) is 3. The van der Waals surface area contributed by atoms with Crippen molar-refractivity contribution in [3.8, 4) is 0 Å². The number of piperidine rings is 1. The molecular formula is C18H31N3. The summed E-state index contributed by atoms with van der Waals surface area (Å²) >= 11 is 0. The van der Waals surface area contributed by atoms with E-state index in [1.807, 2.05) is 0 Å². The molecule has 2 rings (SSSR count). The van der Waals surface area contributed by atoms with Crippen molar-refractivity contribution in [3.63, 3.8) is 0 Å². The minimum absolute atomic E-state index is 0.332. The van der Waals surface area contributed by atoms with Crippen molar-refractivity contribution in [2.75, 3.05) is 33.7 Å². The highest BCUT2D eigenvalue weighted by Gasteiger charge is 2.27. The maximum absolute atomic E-state index is 6.16. The molecule has 21 heavy (non-hydrogen) atoms. The fraction of sp³-hybridized carbons (Fsp3) is 0.667. The normalized spacial score (nSPS) is 19.2. The van der Waals surface area contributed by atoms with Gasteiger partial charge in [-0.25, -0.2) is 0 Å². The van der Waals surface area contributed by atoms with Crippen LogP contribution >= 0.6 is 0 Å². The van der Waals surface area contributed by atoms with Crippen LogP contribution in [-0.4, -0.2) is 49.6 Å². The summed E-state index contributed by atoms with van der Waals surface area (Å²) in [5.74, 6) is 0. The maximum atomic E-state index is 6.16. The van der Waals surface area contributed by atoms with Gasteiger partial charge in [-0.3, -0.25) is 4.90 Å². The van der Waals surface area contributed by atoms with E-state index >= 15 is 0 Å². The molecule has 0 spiro atoms. The summed E-state index contributed by atoms with van der Waals surface area (Å²) in [6.45, 7) is 9.69. The molecule has 1 aromatic carbocycles. The Bertz CT molecular complexity index is 452. The van der Waals surface area contributed by atoms with Gasteiger partial charge in [0.25, 0.3) is 0 Å². The zero-order chi connectivity index (χ0) is 15.6. The first-order chi connectivity index (χ1) is 9.93. The number of rotatable bonds is 4. The van der Waals surface area contributed by atoms with Crippen LogP contribution in [0.2, 0.25) is 0 Å². The van der Waals surface area contributed by atoms with Crippen LogP contribution in [0.5, 0.6) is 0 Å². The average molecular weight is 289 g/mol. The van der Waals surface area contributed by atoms with Crippen molar-refractivity contribution in [2.24, 2.45) is 5.73 Å². The highest BCUT2D eigenvalue weighted by molar-refractivity contribution is 5.40. The van der Waals surface area contributed by atoms with Crippen molar-refractivity contribution in [1.82, 2.24) is 9.80 Å². The molecule has 118 valence electrons. The van der Waals surface area contributed by atoms with Gasteiger partial charge in [0.2, 0.25) is 0 Å². The Balaban J connectivity index is 2.23. The van der Waals surface area contributed by atoms with Gasteiger partial charge >= 0.3 is 0 Å². The quantitative estimate of drug-likeness (QED) is 0.925. The van der Waals surface area contributed by atoms with E-state index < -0.39 is 0 Å². The number of nitrogens with two attached hydrogens (primary N) is 1.